The molecule has 0 aliphatic rings. The number of ether oxygens (including phenoxy) is 1. The van der Waals surface area contributed by atoms with Gasteiger partial charge in [0.2, 0.25) is 5.82 Å². The maximum absolute atomic E-state index is 12.6. The van der Waals surface area contributed by atoms with E-state index in [0.29, 0.717) is 0 Å². The van der Waals surface area contributed by atoms with E-state index >= 15 is 0 Å². The topological polar surface area (TPSA) is 103 Å². The second-order valence-electron chi connectivity index (χ2n) is 5.12. The molecule has 3 rings (SSSR count). The summed E-state index contributed by atoms with van der Waals surface area (Å²) in [5.41, 5.74) is -1.23. The molecule has 0 aliphatic carbocycles. The van der Waals surface area contributed by atoms with E-state index in [9.17, 15) is 23.3 Å². The van der Waals surface area contributed by atoms with Crippen molar-refractivity contribution in [2.24, 2.45) is 0 Å². The summed E-state index contributed by atoms with van der Waals surface area (Å²) in [4.78, 5) is 22.1. The fourth-order valence-electron chi connectivity index (χ4n) is 2.09. The van der Waals surface area contributed by atoms with Gasteiger partial charge in [0.1, 0.15) is 12.1 Å². The van der Waals surface area contributed by atoms with Crippen molar-refractivity contribution in [3.8, 4) is 11.6 Å². The maximum atomic E-state index is 12.6. The van der Waals surface area contributed by atoms with Crippen LogP contribution in [-0.2, 0) is 6.18 Å². The molecule has 0 saturated heterocycles. The first-order valence-electron chi connectivity index (χ1n) is 7.36. The van der Waals surface area contributed by atoms with Crippen molar-refractivity contribution in [3.63, 3.8) is 0 Å². The lowest BCUT2D eigenvalue weighted by Crippen LogP contribution is -2.06. The van der Waals surface area contributed by atoms with Crippen LogP contribution in [0.15, 0.2) is 55.1 Å². The smallest absolute Gasteiger partial charge is 0.416 e. The highest BCUT2D eigenvalue weighted by Gasteiger charge is 2.30. The maximum Gasteiger partial charge on any atom is 0.416 e. The van der Waals surface area contributed by atoms with E-state index in [2.05, 4.69) is 20.3 Å². The van der Waals surface area contributed by atoms with Gasteiger partial charge in [-0.15, -0.1) is 0 Å². The summed E-state index contributed by atoms with van der Waals surface area (Å²) in [5, 5.41) is 14.1. The molecule has 0 fully saturated rings. The molecule has 0 amide bonds. The molecule has 2 aromatic heterocycles. The number of nitrogens with one attached hydrogen (secondary N) is 1. The Balaban J connectivity index is 1.91. The van der Waals surface area contributed by atoms with E-state index in [1.54, 1.807) is 6.07 Å². The second-order valence-corrected chi connectivity index (χ2v) is 5.12. The van der Waals surface area contributed by atoms with Gasteiger partial charge in [-0.2, -0.15) is 18.2 Å². The van der Waals surface area contributed by atoms with Gasteiger partial charge in [-0.3, -0.25) is 15.1 Å². The lowest BCUT2D eigenvalue weighted by atomic mass is 10.2. The van der Waals surface area contributed by atoms with Crippen LogP contribution in [0.2, 0.25) is 0 Å². The van der Waals surface area contributed by atoms with E-state index < -0.39 is 22.4 Å². The van der Waals surface area contributed by atoms with Crippen LogP contribution >= 0.6 is 0 Å². The number of hydrogen-bond acceptors (Lipinski definition) is 7. The Morgan fingerprint density at radius 3 is 2.44 bits per heavy atom. The van der Waals surface area contributed by atoms with Crippen LogP contribution in [0.5, 0.6) is 11.6 Å². The summed E-state index contributed by atoms with van der Waals surface area (Å²) in [6.45, 7) is 0. The number of anilines is 2. The fourth-order valence-corrected chi connectivity index (χ4v) is 2.09. The first kappa shape index (κ1) is 18.0. The quantitative estimate of drug-likeness (QED) is 0.521. The van der Waals surface area contributed by atoms with Crippen LogP contribution in [0.3, 0.4) is 0 Å². The van der Waals surface area contributed by atoms with E-state index in [-0.39, 0.29) is 23.1 Å². The minimum absolute atomic E-state index is 0.178. The molecular formula is C16H10F3N5O3. The molecule has 27 heavy (non-hydrogen) atoms. The number of hydrogen-bond donors (Lipinski definition) is 1. The van der Waals surface area contributed by atoms with Crippen LogP contribution in [0.1, 0.15) is 5.56 Å². The van der Waals surface area contributed by atoms with E-state index in [0.717, 1.165) is 30.6 Å². The van der Waals surface area contributed by atoms with Gasteiger partial charge in [-0.25, -0.2) is 4.98 Å². The third-order valence-electron chi connectivity index (χ3n) is 3.30. The lowest BCUT2D eigenvalue weighted by molar-refractivity contribution is -0.385. The molecule has 2 heterocycles. The molecular weight excluding hydrogens is 367 g/mol. The Hall–Kier alpha value is -3.76. The number of pyridine rings is 1. The summed E-state index contributed by atoms with van der Waals surface area (Å²) >= 11 is 0. The molecule has 1 N–H and O–H groups in total. The fraction of sp³-hybridized carbons (Fsp3) is 0.0625. The molecule has 3 aromatic rings. The van der Waals surface area contributed by atoms with Crippen molar-refractivity contribution in [2.45, 2.75) is 6.18 Å². The summed E-state index contributed by atoms with van der Waals surface area (Å²) < 4.78 is 43.2. The van der Waals surface area contributed by atoms with Crippen molar-refractivity contribution < 1.29 is 22.8 Å². The van der Waals surface area contributed by atoms with Gasteiger partial charge in [-0.05, 0) is 36.4 Å². The van der Waals surface area contributed by atoms with Gasteiger partial charge in [0, 0.05) is 11.9 Å². The molecule has 0 unspecified atom stereocenters. The van der Waals surface area contributed by atoms with Gasteiger partial charge in [0.05, 0.1) is 16.7 Å². The van der Waals surface area contributed by atoms with Crippen molar-refractivity contribution in [2.75, 3.05) is 5.32 Å². The van der Waals surface area contributed by atoms with Gasteiger partial charge in [0.25, 0.3) is 0 Å². The third-order valence-corrected chi connectivity index (χ3v) is 3.30. The van der Waals surface area contributed by atoms with Gasteiger partial charge >= 0.3 is 17.7 Å². The Kier molecular flexibility index (Phi) is 4.83. The average Bonchev–Trinajstić information content (AvgIpc) is 2.62. The van der Waals surface area contributed by atoms with Crippen LogP contribution in [0.4, 0.5) is 30.4 Å². The van der Waals surface area contributed by atoms with Crippen LogP contribution < -0.4 is 10.1 Å². The first-order chi connectivity index (χ1) is 12.8. The highest BCUT2D eigenvalue weighted by atomic mass is 19.4. The largest absolute Gasteiger partial charge is 0.432 e. The van der Waals surface area contributed by atoms with E-state index in [1.165, 1.54) is 18.5 Å². The van der Waals surface area contributed by atoms with Crippen molar-refractivity contribution in [1.29, 1.82) is 0 Å². The molecule has 11 heteroatoms. The summed E-state index contributed by atoms with van der Waals surface area (Å²) in [5.74, 6) is -0.342. The SMILES string of the molecule is O=[N+]([O-])c1c(Nc2ccc(C(F)(F)F)cc2)ncnc1Oc1cccnc1. The summed E-state index contributed by atoms with van der Waals surface area (Å²) in [7, 11) is 0. The van der Waals surface area contributed by atoms with Crippen molar-refractivity contribution in [1.82, 2.24) is 15.0 Å². The minimum atomic E-state index is -4.48. The first-order valence-corrected chi connectivity index (χ1v) is 7.36. The molecule has 0 spiro atoms. The normalized spacial score (nSPS) is 11.1. The zero-order valence-electron chi connectivity index (χ0n) is 13.3. The number of alkyl halides is 3. The predicted molar refractivity (Wildman–Crippen MR) is 87.7 cm³/mol. The second kappa shape index (κ2) is 7.23. The average molecular weight is 377 g/mol. The number of rotatable bonds is 5. The van der Waals surface area contributed by atoms with Crippen LogP contribution in [-0.4, -0.2) is 19.9 Å². The standard InChI is InChI=1S/C16H10F3N5O3/c17-16(18,19)10-3-5-11(6-4-10)23-14-13(24(25)26)15(22-9-21-14)27-12-2-1-7-20-8-12/h1-9H,(H,21,22,23). The number of halogens is 3. The molecule has 0 aliphatic heterocycles. The monoisotopic (exact) mass is 377 g/mol. The van der Waals surface area contributed by atoms with E-state index in [4.69, 9.17) is 4.74 Å². The predicted octanol–water partition coefficient (Wildman–Crippen LogP) is 4.33. The molecule has 1 aromatic carbocycles. The van der Waals surface area contributed by atoms with Gasteiger partial charge < -0.3 is 10.1 Å². The molecule has 0 atom stereocenters. The van der Waals surface area contributed by atoms with E-state index in [1.807, 2.05) is 0 Å². The lowest BCUT2D eigenvalue weighted by Gasteiger charge is -2.10. The van der Waals surface area contributed by atoms with Crippen LogP contribution in [0, 0.1) is 10.1 Å². The van der Waals surface area contributed by atoms with Gasteiger partial charge in [0.15, 0.2) is 0 Å². The Morgan fingerprint density at radius 2 is 1.85 bits per heavy atom. The number of nitrogens with zero attached hydrogens (tertiary/aromatic N) is 4. The Bertz CT molecular complexity index is 950. The zero-order chi connectivity index (χ0) is 19.4. The highest BCUT2D eigenvalue weighted by molar-refractivity contribution is 5.68. The number of aromatic nitrogens is 3. The van der Waals surface area contributed by atoms with Crippen molar-refractivity contribution >= 4 is 17.2 Å². The van der Waals surface area contributed by atoms with Crippen molar-refractivity contribution in [3.05, 3.63) is 70.8 Å². The Labute approximate surface area is 149 Å². The Morgan fingerprint density at radius 1 is 1.11 bits per heavy atom. The zero-order valence-corrected chi connectivity index (χ0v) is 13.3. The number of benzene rings is 1. The molecule has 138 valence electrons. The van der Waals surface area contributed by atoms with Gasteiger partial charge in [-0.1, -0.05) is 0 Å². The third kappa shape index (κ3) is 4.26. The molecule has 8 nitrogen and oxygen atoms in total. The molecule has 0 radical (unpaired) electrons. The molecule has 0 saturated carbocycles. The highest BCUT2D eigenvalue weighted by Crippen LogP contribution is 2.36. The minimum Gasteiger partial charge on any atom is -0.432 e. The summed E-state index contributed by atoms with van der Waals surface area (Å²) in [6.07, 6.45) is -0.608. The molecule has 0 bridgehead atoms. The van der Waals surface area contributed by atoms with Crippen LogP contribution in [0.25, 0.3) is 0 Å². The summed E-state index contributed by atoms with van der Waals surface area (Å²) in [6, 6.07) is 7.07. The number of nitro groups is 1.